The molecule has 0 atom stereocenters. The van der Waals surface area contributed by atoms with Gasteiger partial charge in [0, 0.05) is 22.4 Å². The third kappa shape index (κ3) is 2.64. The number of aliphatic hydroxyl groups is 1. The number of thiazole rings is 1. The SMILES string of the molecule is Cc1sc(-c2ccccc2)nc1C1=C(O)CC(C)(C)NC1=O. The predicted octanol–water partition coefficient (Wildman–Crippen LogP) is 3.69. The first kappa shape index (κ1) is 14.8. The fourth-order valence-electron chi connectivity index (χ4n) is 2.63. The van der Waals surface area contributed by atoms with Crippen LogP contribution in [0.25, 0.3) is 16.1 Å². The number of nitrogens with zero attached hydrogens (tertiary/aromatic N) is 1. The lowest BCUT2D eigenvalue weighted by atomic mass is 9.91. The van der Waals surface area contributed by atoms with E-state index < -0.39 is 5.54 Å². The molecule has 0 spiro atoms. The van der Waals surface area contributed by atoms with Gasteiger partial charge in [-0.15, -0.1) is 11.3 Å². The second-order valence-electron chi connectivity index (χ2n) is 6.13. The lowest BCUT2D eigenvalue weighted by Crippen LogP contribution is -2.47. The Bertz CT molecular complexity index is 760. The smallest absolute Gasteiger partial charge is 0.257 e. The number of carbonyl (C=O) groups is 1. The van der Waals surface area contributed by atoms with E-state index in [4.69, 9.17) is 0 Å². The molecular weight excluding hydrogens is 296 g/mol. The maximum atomic E-state index is 12.4. The van der Waals surface area contributed by atoms with E-state index >= 15 is 0 Å². The molecule has 1 aromatic carbocycles. The van der Waals surface area contributed by atoms with Gasteiger partial charge in [-0.05, 0) is 20.8 Å². The topological polar surface area (TPSA) is 62.2 Å². The van der Waals surface area contributed by atoms with Gasteiger partial charge in [0.15, 0.2) is 0 Å². The summed E-state index contributed by atoms with van der Waals surface area (Å²) < 4.78 is 0. The molecule has 0 unspecified atom stereocenters. The van der Waals surface area contributed by atoms with Gasteiger partial charge < -0.3 is 10.4 Å². The summed E-state index contributed by atoms with van der Waals surface area (Å²) in [6.07, 6.45) is 0.408. The van der Waals surface area contributed by atoms with Crippen LogP contribution in [-0.4, -0.2) is 21.5 Å². The van der Waals surface area contributed by atoms with Crippen molar-refractivity contribution in [2.75, 3.05) is 0 Å². The summed E-state index contributed by atoms with van der Waals surface area (Å²) in [6.45, 7) is 5.70. The van der Waals surface area contributed by atoms with Crippen molar-refractivity contribution in [2.24, 2.45) is 0 Å². The van der Waals surface area contributed by atoms with E-state index in [1.165, 1.54) is 11.3 Å². The molecule has 2 heterocycles. The first-order chi connectivity index (χ1) is 10.4. The highest BCUT2D eigenvalue weighted by Gasteiger charge is 2.34. The van der Waals surface area contributed by atoms with Gasteiger partial charge in [0.25, 0.3) is 5.91 Å². The first-order valence-corrected chi connectivity index (χ1v) is 7.97. The molecule has 5 heteroatoms. The molecule has 1 aromatic heterocycles. The molecule has 22 heavy (non-hydrogen) atoms. The molecule has 1 amide bonds. The Labute approximate surface area is 133 Å². The quantitative estimate of drug-likeness (QED) is 0.888. The zero-order valence-corrected chi connectivity index (χ0v) is 13.6. The van der Waals surface area contributed by atoms with E-state index in [1.54, 1.807) is 0 Å². The third-order valence-electron chi connectivity index (χ3n) is 3.63. The fourth-order valence-corrected chi connectivity index (χ4v) is 3.55. The van der Waals surface area contributed by atoms with Crippen molar-refractivity contribution in [3.05, 3.63) is 46.7 Å². The van der Waals surface area contributed by atoms with E-state index in [1.807, 2.05) is 51.1 Å². The molecule has 0 bridgehead atoms. The lowest BCUT2D eigenvalue weighted by molar-refractivity contribution is -0.117. The van der Waals surface area contributed by atoms with Crippen molar-refractivity contribution < 1.29 is 9.90 Å². The standard InChI is InChI=1S/C17H18N2O2S/c1-10-14(13-12(20)9-17(2,3)19-15(13)21)18-16(22-10)11-7-5-4-6-8-11/h4-8,20H,9H2,1-3H3,(H,19,21). The van der Waals surface area contributed by atoms with Crippen molar-refractivity contribution >= 4 is 22.8 Å². The van der Waals surface area contributed by atoms with Gasteiger partial charge in [-0.25, -0.2) is 4.98 Å². The second kappa shape index (κ2) is 5.25. The average molecular weight is 314 g/mol. The molecule has 2 N–H and O–H groups in total. The van der Waals surface area contributed by atoms with Crippen molar-refractivity contribution in [3.8, 4) is 10.6 Å². The van der Waals surface area contributed by atoms with Crippen molar-refractivity contribution in [1.29, 1.82) is 0 Å². The largest absolute Gasteiger partial charge is 0.511 e. The van der Waals surface area contributed by atoms with Crippen LogP contribution in [0.2, 0.25) is 0 Å². The highest BCUT2D eigenvalue weighted by atomic mass is 32.1. The zero-order valence-electron chi connectivity index (χ0n) is 12.8. The number of amides is 1. The van der Waals surface area contributed by atoms with Crippen LogP contribution in [0, 0.1) is 6.92 Å². The number of rotatable bonds is 2. The van der Waals surface area contributed by atoms with Crippen molar-refractivity contribution in [2.45, 2.75) is 32.7 Å². The lowest BCUT2D eigenvalue weighted by Gasteiger charge is -2.31. The Balaban J connectivity index is 2.06. The minimum Gasteiger partial charge on any atom is -0.511 e. The number of aromatic nitrogens is 1. The predicted molar refractivity (Wildman–Crippen MR) is 88.7 cm³/mol. The first-order valence-electron chi connectivity index (χ1n) is 7.15. The molecule has 2 aromatic rings. The van der Waals surface area contributed by atoms with E-state index in [9.17, 15) is 9.90 Å². The molecule has 0 fully saturated rings. The number of hydrogen-bond acceptors (Lipinski definition) is 4. The van der Waals surface area contributed by atoms with Gasteiger partial charge in [-0.2, -0.15) is 0 Å². The highest BCUT2D eigenvalue weighted by Crippen LogP contribution is 2.35. The summed E-state index contributed by atoms with van der Waals surface area (Å²) in [6, 6.07) is 9.84. The number of nitrogens with one attached hydrogen (secondary N) is 1. The summed E-state index contributed by atoms with van der Waals surface area (Å²) >= 11 is 1.53. The second-order valence-corrected chi connectivity index (χ2v) is 7.33. The molecule has 4 nitrogen and oxygen atoms in total. The molecule has 1 aliphatic heterocycles. The average Bonchev–Trinajstić information content (AvgIpc) is 2.80. The van der Waals surface area contributed by atoms with Crippen LogP contribution < -0.4 is 5.32 Å². The Morgan fingerprint density at radius 2 is 1.95 bits per heavy atom. The van der Waals surface area contributed by atoms with Crippen LogP contribution in [-0.2, 0) is 4.79 Å². The zero-order chi connectivity index (χ0) is 15.9. The van der Waals surface area contributed by atoms with Gasteiger partial charge in [0.1, 0.15) is 16.3 Å². The third-order valence-corrected chi connectivity index (χ3v) is 4.65. The van der Waals surface area contributed by atoms with Crippen LogP contribution in [0.5, 0.6) is 0 Å². The van der Waals surface area contributed by atoms with E-state index in [2.05, 4.69) is 10.3 Å². The van der Waals surface area contributed by atoms with Gasteiger partial charge in [-0.3, -0.25) is 4.79 Å². The molecule has 1 aliphatic rings. The Kier molecular flexibility index (Phi) is 3.53. The molecule has 3 rings (SSSR count). The van der Waals surface area contributed by atoms with Gasteiger partial charge in [0.2, 0.25) is 0 Å². The number of benzene rings is 1. The van der Waals surface area contributed by atoms with Gasteiger partial charge in [-0.1, -0.05) is 30.3 Å². The Morgan fingerprint density at radius 1 is 1.27 bits per heavy atom. The van der Waals surface area contributed by atoms with E-state index in [0.29, 0.717) is 17.7 Å². The maximum Gasteiger partial charge on any atom is 0.257 e. The monoisotopic (exact) mass is 314 g/mol. The molecule has 114 valence electrons. The molecule has 0 saturated carbocycles. The number of carbonyl (C=O) groups excluding carboxylic acids is 1. The molecular formula is C17H18N2O2S. The van der Waals surface area contributed by atoms with Gasteiger partial charge >= 0.3 is 0 Å². The normalized spacial score (nSPS) is 17.5. The number of aliphatic hydroxyl groups excluding tert-OH is 1. The fraction of sp³-hybridized carbons (Fsp3) is 0.294. The van der Waals surface area contributed by atoms with Crippen LogP contribution in [0.1, 0.15) is 30.8 Å². The maximum absolute atomic E-state index is 12.4. The Morgan fingerprint density at radius 3 is 2.59 bits per heavy atom. The summed E-state index contributed by atoms with van der Waals surface area (Å²) in [7, 11) is 0. The van der Waals surface area contributed by atoms with E-state index in [0.717, 1.165) is 15.4 Å². The van der Waals surface area contributed by atoms with Crippen molar-refractivity contribution in [1.82, 2.24) is 10.3 Å². The van der Waals surface area contributed by atoms with E-state index in [-0.39, 0.29) is 11.7 Å². The summed E-state index contributed by atoms with van der Waals surface area (Å²) in [4.78, 5) is 17.9. The van der Waals surface area contributed by atoms with Crippen LogP contribution in [0.3, 0.4) is 0 Å². The van der Waals surface area contributed by atoms with Gasteiger partial charge in [0.05, 0.1) is 5.69 Å². The number of hydrogen-bond donors (Lipinski definition) is 2. The minimum atomic E-state index is -0.434. The van der Waals surface area contributed by atoms with Crippen molar-refractivity contribution in [3.63, 3.8) is 0 Å². The number of aryl methyl sites for hydroxylation is 1. The molecule has 0 saturated heterocycles. The highest BCUT2D eigenvalue weighted by molar-refractivity contribution is 7.15. The summed E-state index contributed by atoms with van der Waals surface area (Å²) in [5.41, 5.74) is 1.46. The molecule has 0 aliphatic carbocycles. The van der Waals surface area contributed by atoms with Crippen LogP contribution in [0.15, 0.2) is 36.1 Å². The van der Waals surface area contributed by atoms with Crippen LogP contribution >= 0.6 is 11.3 Å². The summed E-state index contributed by atoms with van der Waals surface area (Å²) in [5.74, 6) is -0.150. The molecule has 0 radical (unpaired) electrons. The summed E-state index contributed by atoms with van der Waals surface area (Å²) in [5, 5.41) is 14.1. The Hall–Kier alpha value is -2.14. The minimum absolute atomic E-state index is 0.113. The van der Waals surface area contributed by atoms with Crippen LogP contribution in [0.4, 0.5) is 0 Å².